The Morgan fingerprint density at radius 1 is 1.00 bits per heavy atom. The van der Waals surface area contributed by atoms with Crippen molar-refractivity contribution < 1.29 is 4.74 Å². The second-order valence-corrected chi connectivity index (χ2v) is 4.50. The Morgan fingerprint density at radius 3 is 2.21 bits per heavy atom. The van der Waals surface area contributed by atoms with Crippen LogP contribution in [0.25, 0.3) is 0 Å². The van der Waals surface area contributed by atoms with Gasteiger partial charge in [0, 0.05) is 31.9 Å². The summed E-state index contributed by atoms with van der Waals surface area (Å²) in [5.74, 6) is 2.64. The van der Waals surface area contributed by atoms with Gasteiger partial charge in [-0.25, -0.2) is 9.97 Å². The molecule has 0 aliphatic heterocycles. The molecule has 0 saturated heterocycles. The fourth-order valence-electron chi connectivity index (χ4n) is 1.74. The van der Waals surface area contributed by atoms with Gasteiger partial charge in [-0.2, -0.15) is 0 Å². The standard InChI is InChI=1S/C14H26N4O/c1-5-8-15-13-11(3)14(18-12(4)17-13)16-9-7-10-19-6-2/h5-10H2,1-4H3,(H2,15,16,17,18). The molecule has 0 spiro atoms. The number of hydrogen-bond donors (Lipinski definition) is 2. The highest BCUT2D eigenvalue weighted by Gasteiger charge is 2.08. The molecule has 0 saturated carbocycles. The van der Waals surface area contributed by atoms with Crippen LogP contribution in [0.2, 0.25) is 0 Å². The Kier molecular flexibility index (Phi) is 7.18. The third kappa shape index (κ3) is 5.42. The Hall–Kier alpha value is -1.36. The molecule has 0 aliphatic rings. The molecule has 5 heteroatoms. The fraction of sp³-hybridized carbons (Fsp3) is 0.714. The summed E-state index contributed by atoms with van der Waals surface area (Å²) in [6.45, 7) is 11.5. The van der Waals surface area contributed by atoms with Gasteiger partial charge in [0.25, 0.3) is 0 Å². The van der Waals surface area contributed by atoms with E-state index >= 15 is 0 Å². The van der Waals surface area contributed by atoms with Crippen LogP contribution in [0.4, 0.5) is 11.6 Å². The van der Waals surface area contributed by atoms with Crippen molar-refractivity contribution in [1.29, 1.82) is 0 Å². The van der Waals surface area contributed by atoms with Crippen molar-refractivity contribution in [3.63, 3.8) is 0 Å². The summed E-state index contributed by atoms with van der Waals surface area (Å²) < 4.78 is 5.32. The lowest BCUT2D eigenvalue weighted by molar-refractivity contribution is 0.147. The number of aromatic nitrogens is 2. The molecule has 0 bridgehead atoms. The third-order valence-corrected chi connectivity index (χ3v) is 2.76. The minimum Gasteiger partial charge on any atom is -0.382 e. The molecular weight excluding hydrogens is 240 g/mol. The zero-order valence-corrected chi connectivity index (χ0v) is 12.5. The van der Waals surface area contributed by atoms with E-state index in [0.29, 0.717) is 0 Å². The first kappa shape index (κ1) is 15.7. The smallest absolute Gasteiger partial charge is 0.134 e. The molecule has 5 nitrogen and oxygen atoms in total. The highest BCUT2D eigenvalue weighted by molar-refractivity contribution is 5.57. The second kappa shape index (κ2) is 8.69. The molecule has 0 atom stereocenters. The van der Waals surface area contributed by atoms with Crippen LogP contribution >= 0.6 is 0 Å². The van der Waals surface area contributed by atoms with Crippen molar-refractivity contribution in [3.8, 4) is 0 Å². The van der Waals surface area contributed by atoms with Gasteiger partial charge in [-0.05, 0) is 33.6 Å². The van der Waals surface area contributed by atoms with Crippen LogP contribution in [0.5, 0.6) is 0 Å². The molecule has 1 aromatic rings. The van der Waals surface area contributed by atoms with Crippen molar-refractivity contribution in [1.82, 2.24) is 9.97 Å². The van der Waals surface area contributed by atoms with E-state index in [1.807, 2.05) is 20.8 Å². The number of hydrogen-bond acceptors (Lipinski definition) is 5. The van der Waals surface area contributed by atoms with E-state index in [9.17, 15) is 0 Å². The zero-order valence-electron chi connectivity index (χ0n) is 12.5. The first-order chi connectivity index (χ1) is 9.19. The molecule has 1 heterocycles. The lowest BCUT2D eigenvalue weighted by Gasteiger charge is -2.14. The van der Waals surface area contributed by atoms with Gasteiger partial charge in [-0.3, -0.25) is 0 Å². The number of ether oxygens (including phenoxy) is 1. The van der Waals surface area contributed by atoms with Gasteiger partial charge in [-0.15, -0.1) is 0 Å². The maximum atomic E-state index is 5.32. The lowest BCUT2D eigenvalue weighted by Crippen LogP contribution is -2.12. The van der Waals surface area contributed by atoms with E-state index in [1.165, 1.54) is 0 Å². The van der Waals surface area contributed by atoms with E-state index in [2.05, 4.69) is 27.5 Å². The first-order valence-electron chi connectivity index (χ1n) is 7.09. The molecule has 0 radical (unpaired) electrons. The van der Waals surface area contributed by atoms with Crippen LogP contribution in [-0.2, 0) is 4.74 Å². The van der Waals surface area contributed by atoms with Crippen LogP contribution in [0.15, 0.2) is 0 Å². The van der Waals surface area contributed by atoms with Crippen molar-refractivity contribution >= 4 is 11.6 Å². The van der Waals surface area contributed by atoms with E-state index in [4.69, 9.17) is 4.74 Å². The summed E-state index contributed by atoms with van der Waals surface area (Å²) in [5, 5.41) is 6.70. The van der Waals surface area contributed by atoms with Crippen LogP contribution in [-0.4, -0.2) is 36.3 Å². The van der Waals surface area contributed by atoms with E-state index in [-0.39, 0.29) is 0 Å². The predicted octanol–water partition coefficient (Wildman–Crippen LogP) is 2.75. The van der Waals surface area contributed by atoms with E-state index in [0.717, 1.165) is 62.2 Å². The summed E-state index contributed by atoms with van der Waals surface area (Å²) in [5.41, 5.74) is 1.08. The molecule has 0 aliphatic carbocycles. The van der Waals surface area contributed by atoms with Gasteiger partial charge in [0.05, 0.1) is 0 Å². The minimum absolute atomic E-state index is 0.775. The lowest BCUT2D eigenvalue weighted by atomic mass is 10.3. The summed E-state index contributed by atoms with van der Waals surface area (Å²) >= 11 is 0. The van der Waals surface area contributed by atoms with Crippen LogP contribution < -0.4 is 10.6 Å². The highest BCUT2D eigenvalue weighted by Crippen LogP contribution is 2.19. The largest absolute Gasteiger partial charge is 0.382 e. The number of nitrogens with zero attached hydrogens (tertiary/aromatic N) is 2. The molecule has 2 N–H and O–H groups in total. The Morgan fingerprint density at radius 2 is 1.63 bits per heavy atom. The maximum Gasteiger partial charge on any atom is 0.134 e. The Labute approximate surface area is 116 Å². The van der Waals surface area contributed by atoms with Crippen LogP contribution in [0.1, 0.15) is 38.1 Å². The molecule has 0 amide bonds. The zero-order chi connectivity index (χ0) is 14.1. The maximum absolute atomic E-state index is 5.32. The number of aryl methyl sites for hydroxylation is 1. The molecule has 0 aromatic carbocycles. The quantitative estimate of drug-likeness (QED) is 0.673. The molecule has 1 rings (SSSR count). The van der Waals surface area contributed by atoms with Gasteiger partial charge in [0.1, 0.15) is 17.5 Å². The Bertz CT molecular complexity index is 382. The summed E-state index contributed by atoms with van der Waals surface area (Å²) in [6.07, 6.45) is 2.06. The van der Waals surface area contributed by atoms with Crippen LogP contribution in [0, 0.1) is 13.8 Å². The molecule has 0 unspecified atom stereocenters. The van der Waals surface area contributed by atoms with E-state index < -0.39 is 0 Å². The van der Waals surface area contributed by atoms with Gasteiger partial charge in [-0.1, -0.05) is 6.92 Å². The van der Waals surface area contributed by atoms with Crippen molar-refractivity contribution in [2.45, 2.75) is 40.5 Å². The van der Waals surface area contributed by atoms with Crippen molar-refractivity contribution in [2.24, 2.45) is 0 Å². The highest BCUT2D eigenvalue weighted by atomic mass is 16.5. The van der Waals surface area contributed by atoms with Crippen molar-refractivity contribution in [2.75, 3.05) is 36.9 Å². The fourth-order valence-corrected chi connectivity index (χ4v) is 1.74. The number of nitrogens with one attached hydrogen (secondary N) is 2. The molecule has 0 fully saturated rings. The van der Waals surface area contributed by atoms with Gasteiger partial charge in [0.2, 0.25) is 0 Å². The second-order valence-electron chi connectivity index (χ2n) is 4.50. The SMILES string of the molecule is CCCNc1nc(C)nc(NCCCOCC)c1C. The average Bonchev–Trinajstić information content (AvgIpc) is 2.40. The van der Waals surface area contributed by atoms with Gasteiger partial charge in [0.15, 0.2) is 0 Å². The molecule has 1 aromatic heterocycles. The number of rotatable bonds is 9. The third-order valence-electron chi connectivity index (χ3n) is 2.76. The van der Waals surface area contributed by atoms with Crippen LogP contribution in [0.3, 0.4) is 0 Å². The summed E-state index contributed by atoms with van der Waals surface area (Å²) in [4.78, 5) is 8.90. The van der Waals surface area contributed by atoms with E-state index in [1.54, 1.807) is 0 Å². The first-order valence-corrected chi connectivity index (χ1v) is 7.09. The predicted molar refractivity (Wildman–Crippen MR) is 79.9 cm³/mol. The minimum atomic E-state index is 0.775. The van der Waals surface area contributed by atoms with Gasteiger partial charge >= 0.3 is 0 Å². The molecule has 19 heavy (non-hydrogen) atoms. The Balaban J connectivity index is 2.58. The topological polar surface area (TPSA) is 59.1 Å². The normalized spacial score (nSPS) is 10.5. The summed E-state index contributed by atoms with van der Waals surface area (Å²) in [6, 6.07) is 0. The monoisotopic (exact) mass is 266 g/mol. The summed E-state index contributed by atoms with van der Waals surface area (Å²) in [7, 11) is 0. The molecular formula is C14H26N4O. The number of anilines is 2. The van der Waals surface area contributed by atoms with Crippen molar-refractivity contribution in [3.05, 3.63) is 11.4 Å². The molecule has 108 valence electrons. The van der Waals surface area contributed by atoms with Gasteiger partial charge < -0.3 is 15.4 Å². The average molecular weight is 266 g/mol.